The van der Waals surface area contributed by atoms with Gasteiger partial charge in [0.2, 0.25) is 11.8 Å². The molecular formula is C13H25N5O3. The van der Waals surface area contributed by atoms with Crippen molar-refractivity contribution in [1.29, 1.82) is 0 Å². The number of amides is 3. The van der Waals surface area contributed by atoms with Gasteiger partial charge in [-0.2, -0.15) is 0 Å². The molecule has 0 aromatic heterocycles. The highest BCUT2D eigenvalue weighted by Gasteiger charge is 2.27. The summed E-state index contributed by atoms with van der Waals surface area (Å²) in [6.07, 6.45) is 2.24. The van der Waals surface area contributed by atoms with E-state index in [0.717, 1.165) is 19.4 Å². The van der Waals surface area contributed by atoms with Crippen molar-refractivity contribution in [2.24, 2.45) is 11.8 Å². The molecule has 0 aliphatic carbocycles. The number of carbonyl (C=O) groups is 3. The maximum absolute atomic E-state index is 12.1. The van der Waals surface area contributed by atoms with Crippen LogP contribution < -0.4 is 27.2 Å². The van der Waals surface area contributed by atoms with Gasteiger partial charge in [-0.1, -0.05) is 13.8 Å². The zero-order chi connectivity index (χ0) is 15.8. The molecule has 0 unspecified atom stereocenters. The van der Waals surface area contributed by atoms with Gasteiger partial charge >= 0.3 is 0 Å². The summed E-state index contributed by atoms with van der Waals surface area (Å²) in [6.45, 7) is 4.54. The number of nitrogens with two attached hydrogens (primary N) is 1. The fourth-order valence-corrected chi connectivity index (χ4v) is 2.23. The molecule has 2 atom stereocenters. The van der Waals surface area contributed by atoms with Crippen LogP contribution in [0.4, 0.5) is 0 Å². The van der Waals surface area contributed by atoms with Crippen molar-refractivity contribution < 1.29 is 14.4 Å². The summed E-state index contributed by atoms with van der Waals surface area (Å²) < 4.78 is 0. The van der Waals surface area contributed by atoms with E-state index in [1.165, 1.54) is 0 Å². The Bertz CT molecular complexity index is 380. The molecule has 1 aliphatic heterocycles. The van der Waals surface area contributed by atoms with Gasteiger partial charge in [0.05, 0.1) is 12.6 Å². The molecule has 6 N–H and O–H groups in total. The van der Waals surface area contributed by atoms with E-state index >= 15 is 0 Å². The van der Waals surface area contributed by atoms with Gasteiger partial charge in [-0.05, 0) is 31.7 Å². The van der Waals surface area contributed by atoms with E-state index in [1.54, 1.807) is 0 Å². The fourth-order valence-electron chi connectivity index (χ4n) is 2.23. The number of hydrazine groups is 1. The minimum absolute atomic E-state index is 0.170. The first-order chi connectivity index (χ1) is 9.93. The summed E-state index contributed by atoms with van der Waals surface area (Å²) in [4.78, 5) is 35.2. The van der Waals surface area contributed by atoms with Crippen molar-refractivity contribution in [3.63, 3.8) is 0 Å². The van der Waals surface area contributed by atoms with E-state index < -0.39 is 11.9 Å². The van der Waals surface area contributed by atoms with Crippen LogP contribution in [0, 0.1) is 5.92 Å². The second-order valence-electron chi connectivity index (χ2n) is 5.62. The topological polar surface area (TPSA) is 125 Å². The molecule has 8 nitrogen and oxygen atoms in total. The van der Waals surface area contributed by atoms with E-state index in [2.05, 4.69) is 16.0 Å². The lowest BCUT2D eigenvalue weighted by atomic mass is 10.0. The molecule has 1 heterocycles. The molecule has 0 radical (unpaired) electrons. The smallest absolute Gasteiger partial charge is 0.253 e. The second-order valence-corrected chi connectivity index (χ2v) is 5.62. The van der Waals surface area contributed by atoms with Crippen LogP contribution in [-0.4, -0.2) is 42.9 Å². The number of carbonyl (C=O) groups excluding carboxylic acids is 3. The molecule has 21 heavy (non-hydrogen) atoms. The largest absolute Gasteiger partial charge is 0.345 e. The highest BCUT2D eigenvalue weighted by atomic mass is 16.2. The predicted octanol–water partition coefficient (Wildman–Crippen LogP) is -1.62. The number of hydrogen-bond acceptors (Lipinski definition) is 5. The summed E-state index contributed by atoms with van der Waals surface area (Å²) in [5.74, 6) is 4.15. The maximum Gasteiger partial charge on any atom is 0.253 e. The minimum Gasteiger partial charge on any atom is -0.345 e. The van der Waals surface area contributed by atoms with Gasteiger partial charge in [0.25, 0.3) is 5.91 Å². The number of nitrogens with one attached hydrogen (secondary N) is 4. The first-order valence-corrected chi connectivity index (χ1v) is 7.25. The highest BCUT2D eigenvalue weighted by Crippen LogP contribution is 2.08. The zero-order valence-corrected chi connectivity index (χ0v) is 12.6. The second kappa shape index (κ2) is 8.58. The van der Waals surface area contributed by atoms with Crippen molar-refractivity contribution in [3.8, 4) is 0 Å². The van der Waals surface area contributed by atoms with Crippen LogP contribution in [-0.2, 0) is 14.4 Å². The van der Waals surface area contributed by atoms with E-state index in [-0.39, 0.29) is 30.3 Å². The third-order valence-corrected chi connectivity index (χ3v) is 3.30. The molecule has 120 valence electrons. The highest BCUT2D eigenvalue weighted by molar-refractivity contribution is 5.91. The van der Waals surface area contributed by atoms with Gasteiger partial charge in [0.1, 0.15) is 6.04 Å². The number of hydrogen-bond donors (Lipinski definition) is 5. The Labute approximate surface area is 124 Å². The Hall–Kier alpha value is -1.67. The summed E-state index contributed by atoms with van der Waals surface area (Å²) in [5.41, 5.74) is 1.93. The normalized spacial score (nSPS) is 19.1. The van der Waals surface area contributed by atoms with E-state index in [4.69, 9.17) is 5.84 Å². The molecule has 3 amide bonds. The minimum atomic E-state index is -0.648. The Balaban J connectivity index is 2.55. The molecular weight excluding hydrogens is 274 g/mol. The molecule has 1 rings (SSSR count). The van der Waals surface area contributed by atoms with Crippen molar-refractivity contribution in [2.75, 3.05) is 13.1 Å². The van der Waals surface area contributed by atoms with Crippen LogP contribution in [0.15, 0.2) is 0 Å². The average molecular weight is 299 g/mol. The Morgan fingerprint density at radius 3 is 2.57 bits per heavy atom. The summed E-state index contributed by atoms with van der Waals surface area (Å²) >= 11 is 0. The third kappa shape index (κ3) is 6.09. The van der Waals surface area contributed by atoms with Gasteiger partial charge < -0.3 is 16.0 Å². The Morgan fingerprint density at radius 1 is 1.33 bits per heavy atom. The summed E-state index contributed by atoms with van der Waals surface area (Å²) in [5, 5.41) is 8.31. The average Bonchev–Trinajstić information content (AvgIpc) is 2.97. The van der Waals surface area contributed by atoms with Crippen molar-refractivity contribution in [2.45, 2.75) is 45.2 Å². The molecule has 0 saturated carbocycles. The Morgan fingerprint density at radius 2 is 2.05 bits per heavy atom. The first-order valence-electron chi connectivity index (χ1n) is 7.25. The molecule has 1 saturated heterocycles. The molecule has 0 aromatic rings. The van der Waals surface area contributed by atoms with Gasteiger partial charge in [-0.25, -0.2) is 5.84 Å². The van der Waals surface area contributed by atoms with Gasteiger partial charge in [-0.3, -0.25) is 19.8 Å². The lowest BCUT2D eigenvalue weighted by Crippen LogP contribution is -2.53. The van der Waals surface area contributed by atoms with E-state index in [1.807, 2.05) is 19.3 Å². The third-order valence-electron chi connectivity index (χ3n) is 3.30. The van der Waals surface area contributed by atoms with Crippen molar-refractivity contribution >= 4 is 17.7 Å². The fraction of sp³-hybridized carbons (Fsp3) is 0.769. The molecule has 0 bridgehead atoms. The molecule has 0 aromatic carbocycles. The standard InChI is InChI=1S/C13H25N5O3/c1-8(2)6-10(12(20)16-7-11(19)18-14)17-13(21)9-4-3-5-15-9/h8-10,15H,3-7,14H2,1-2H3,(H,16,20)(H,17,21)(H,18,19)/t9-,10-/m0/s1. The van der Waals surface area contributed by atoms with E-state index in [0.29, 0.717) is 6.42 Å². The van der Waals surface area contributed by atoms with Gasteiger partial charge in [0, 0.05) is 0 Å². The lowest BCUT2D eigenvalue weighted by molar-refractivity contribution is -0.131. The van der Waals surface area contributed by atoms with Gasteiger partial charge in [0.15, 0.2) is 0 Å². The van der Waals surface area contributed by atoms with Crippen LogP contribution in [0.1, 0.15) is 33.1 Å². The monoisotopic (exact) mass is 299 g/mol. The van der Waals surface area contributed by atoms with E-state index in [9.17, 15) is 14.4 Å². The van der Waals surface area contributed by atoms with Crippen molar-refractivity contribution in [3.05, 3.63) is 0 Å². The quantitative estimate of drug-likeness (QED) is 0.219. The maximum atomic E-state index is 12.1. The SMILES string of the molecule is CC(C)C[C@H](NC(=O)[C@@H]1CCCN1)C(=O)NCC(=O)NN. The first kappa shape index (κ1) is 17.4. The van der Waals surface area contributed by atoms with Crippen molar-refractivity contribution in [1.82, 2.24) is 21.4 Å². The lowest BCUT2D eigenvalue weighted by Gasteiger charge is -2.21. The summed E-state index contributed by atoms with van der Waals surface area (Å²) in [6, 6.07) is -0.884. The molecule has 0 spiro atoms. The van der Waals surface area contributed by atoms with Crippen LogP contribution in [0.25, 0.3) is 0 Å². The zero-order valence-electron chi connectivity index (χ0n) is 12.6. The van der Waals surface area contributed by atoms with Crippen LogP contribution in [0.2, 0.25) is 0 Å². The number of rotatable bonds is 7. The van der Waals surface area contributed by atoms with Crippen LogP contribution in [0.5, 0.6) is 0 Å². The van der Waals surface area contributed by atoms with Crippen LogP contribution >= 0.6 is 0 Å². The summed E-state index contributed by atoms with van der Waals surface area (Å²) in [7, 11) is 0. The molecule has 1 fully saturated rings. The van der Waals surface area contributed by atoms with Crippen LogP contribution in [0.3, 0.4) is 0 Å². The van der Waals surface area contributed by atoms with Gasteiger partial charge in [-0.15, -0.1) is 0 Å². The Kier molecular flexibility index (Phi) is 7.10. The molecule has 1 aliphatic rings. The molecule has 8 heteroatoms. The predicted molar refractivity (Wildman–Crippen MR) is 77.8 cm³/mol.